The van der Waals surface area contributed by atoms with Gasteiger partial charge in [0.2, 0.25) is 11.9 Å². The van der Waals surface area contributed by atoms with Crippen LogP contribution in [0.3, 0.4) is 0 Å². The van der Waals surface area contributed by atoms with Gasteiger partial charge in [0.05, 0.1) is 13.2 Å². The number of nitrogens with two attached hydrogens (primary N) is 1. The third kappa shape index (κ3) is 4.32. The van der Waals surface area contributed by atoms with E-state index in [4.69, 9.17) is 15.2 Å². The Kier molecular flexibility index (Phi) is 5.11. The molecular formula is C20H21N5O2. The van der Waals surface area contributed by atoms with E-state index >= 15 is 0 Å². The molecule has 0 radical (unpaired) electrons. The molecule has 4 rings (SSSR count). The van der Waals surface area contributed by atoms with Crippen molar-refractivity contribution in [3.8, 4) is 17.1 Å². The molecule has 138 valence electrons. The highest BCUT2D eigenvalue weighted by Crippen LogP contribution is 2.22. The van der Waals surface area contributed by atoms with Crippen LogP contribution in [-0.2, 0) is 11.3 Å². The van der Waals surface area contributed by atoms with Crippen molar-refractivity contribution in [3.63, 3.8) is 0 Å². The number of rotatable bonds is 5. The minimum absolute atomic E-state index is 0.214. The topological polar surface area (TPSA) is 86.4 Å². The molecule has 2 N–H and O–H groups in total. The third-order valence-corrected chi connectivity index (χ3v) is 4.30. The molecule has 2 heterocycles. The summed E-state index contributed by atoms with van der Waals surface area (Å²) in [6, 6.07) is 17.7. The van der Waals surface area contributed by atoms with Crippen molar-refractivity contribution in [1.29, 1.82) is 0 Å². The van der Waals surface area contributed by atoms with Crippen LogP contribution in [0.15, 0.2) is 54.6 Å². The SMILES string of the molecule is Nc1nc(-c2ccc(OCc3ccccc3)cc2)nc(N2CCOCC2)n1. The average Bonchev–Trinajstić information content (AvgIpc) is 2.73. The number of anilines is 2. The highest BCUT2D eigenvalue weighted by Gasteiger charge is 2.16. The molecule has 0 saturated carbocycles. The predicted octanol–water partition coefficient (Wildman–Crippen LogP) is 2.54. The monoisotopic (exact) mass is 363 g/mol. The van der Waals surface area contributed by atoms with E-state index in [1.165, 1.54) is 0 Å². The molecule has 1 aliphatic heterocycles. The lowest BCUT2D eigenvalue weighted by molar-refractivity contribution is 0.122. The Labute approximate surface area is 157 Å². The Hall–Kier alpha value is -3.19. The fourth-order valence-electron chi connectivity index (χ4n) is 2.86. The maximum Gasteiger partial charge on any atom is 0.230 e. The molecule has 0 atom stereocenters. The number of hydrogen-bond donors (Lipinski definition) is 1. The number of aromatic nitrogens is 3. The number of nitrogen functional groups attached to an aromatic ring is 1. The number of ether oxygens (including phenoxy) is 2. The lowest BCUT2D eigenvalue weighted by Crippen LogP contribution is -2.37. The summed E-state index contributed by atoms with van der Waals surface area (Å²) in [6.45, 7) is 3.34. The second-order valence-electron chi connectivity index (χ2n) is 6.22. The van der Waals surface area contributed by atoms with Crippen LogP contribution in [0.1, 0.15) is 5.56 Å². The van der Waals surface area contributed by atoms with Crippen LogP contribution in [0.4, 0.5) is 11.9 Å². The second kappa shape index (κ2) is 8.01. The largest absolute Gasteiger partial charge is 0.489 e. The first-order valence-corrected chi connectivity index (χ1v) is 8.89. The van der Waals surface area contributed by atoms with Crippen molar-refractivity contribution >= 4 is 11.9 Å². The highest BCUT2D eigenvalue weighted by atomic mass is 16.5. The molecule has 0 amide bonds. The van der Waals surface area contributed by atoms with Gasteiger partial charge in [0.1, 0.15) is 12.4 Å². The lowest BCUT2D eigenvalue weighted by atomic mass is 10.2. The molecule has 0 aliphatic carbocycles. The van der Waals surface area contributed by atoms with E-state index in [9.17, 15) is 0 Å². The predicted molar refractivity (Wildman–Crippen MR) is 103 cm³/mol. The molecule has 1 fully saturated rings. The van der Waals surface area contributed by atoms with Gasteiger partial charge in [-0.1, -0.05) is 30.3 Å². The third-order valence-electron chi connectivity index (χ3n) is 4.30. The first kappa shape index (κ1) is 17.2. The Morgan fingerprint density at radius 1 is 0.926 bits per heavy atom. The molecule has 0 spiro atoms. The average molecular weight is 363 g/mol. The number of hydrogen-bond acceptors (Lipinski definition) is 7. The van der Waals surface area contributed by atoms with Gasteiger partial charge in [0, 0.05) is 18.7 Å². The van der Waals surface area contributed by atoms with Gasteiger partial charge in [-0.15, -0.1) is 0 Å². The summed E-state index contributed by atoms with van der Waals surface area (Å²) in [4.78, 5) is 15.2. The van der Waals surface area contributed by atoms with Crippen LogP contribution in [-0.4, -0.2) is 41.3 Å². The van der Waals surface area contributed by atoms with Gasteiger partial charge in [-0.3, -0.25) is 0 Å². The normalized spacial score (nSPS) is 14.1. The van der Waals surface area contributed by atoms with Crippen LogP contribution >= 0.6 is 0 Å². The summed E-state index contributed by atoms with van der Waals surface area (Å²) in [6.07, 6.45) is 0. The molecule has 1 saturated heterocycles. The standard InChI is InChI=1S/C20H21N5O2/c21-19-22-18(23-20(24-19)25-10-12-26-13-11-25)16-6-8-17(9-7-16)27-14-15-4-2-1-3-5-15/h1-9H,10-14H2,(H2,21,22,23,24). The van der Waals surface area contributed by atoms with Gasteiger partial charge < -0.3 is 20.1 Å². The Morgan fingerprint density at radius 2 is 1.67 bits per heavy atom. The van der Waals surface area contributed by atoms with Crippen LogP contribution < -0.4 is 15.4 Å². The van der Waals surface area contributed by atoms with Gasteiger partial charge in [-0.05, 0) is 29.8 Å². The summed E-state index contributed by atoms with van der Waals surface area (Å²) in [5.41, 5.74) is 7.89. The van der Waals surface area contributed by atoms with Crippen molar-refractivity contribution < 1.29 is 9.47 Å². The summed E-state index contributed by atoms with van der Waals surface area (Å²) in [5, 5.41) is 0. The highest BCUT2D eigenvalue weighted by molar-refractivity contribution is 5.59. The number of morpholine rings is 1. The maximum atomic E-state index is 5.90. The number of nitrogens with zero attached hydrogens (tertiary/aromatic N) is 4. The minimum atomic E-state index is 0.214. The summed E-state index contributed by atoms with van der Waals surface area (Å²) < 4.78 is 11.2. The zero-order chi connectivity index (χ0) is 18.5. The molecule has 7 heteroatoms. The molecule has 7 nitrogen and oxygen atoms in total. The zero-order valence-corrected chi connectivity index (χ0v) is 14.9. The maximum absolute atomic E-state index is 5.90. The molecule has 0 bridgehead atoms. The quantitative estimate of drug-likeness (QED) is 0.745. The van der Waals surface area contributed by atoms with E-state index in [1.807, 2.05) is 54.6 Å². The van der Waals surface area contributed by atoms with Crippen molar-refractivity contribution in [2.45, 2.75) is 6.61 Å². The Balaban J connectivity index is 1.49. The first-order valence-electron chi connectivity index (χ1n) is 8.89. The summed E-state index contributed by atoms with van der Waals surface area (Å²) >= 11 is 0. The lowest BCUT2D eigenvalue weighted by Gasteiger charge is -2.26. The van der Waals surface area contributed by atoms with E-state index in [-0.39, 0.29) is 5.95 Å². The fourth-order valence-corrected chi connectivity index (χ4v) is 2.86. The van der Waals surface area contributed by atoms with Gasteiger partial charge in [-0.2, -0.15) is 15.0 Å². The molecule has 2 aromatic carbocycles. The van der Waals surface area contributed by atoms with Gasteiger partial charge >= 0.3 is 0 Å². The summed E-state index contributed by atoms with van der Waals surface area (Å²) in [7, 11) is 0. The van der Waals surface area contributed by atoms with E-state index in [0.717, 1.165) is 30.0 Å². The second-order valence-corrected chi connectivity index (χ2v) is 6.22. The molecule has 3 aromatic rings. The van der Waals surface area contributed by atoms with Gasteiger partial charge in [0.25, 0.3) is 0 Å². The molecular weight excluding hydrogens is 342 g/mol. The number of benzene rings is 2. The van der Waals surface area contributed by atoms with Gasteiger partial charge in [-0.25, -0.2) is 0 Å². The molecule has 1 aromatic heterocycles. The van der Waals surface area contributed by atoms with Crippen molar-refractivity contribution in [2.24, 2.45) is 0 Å². The summed E-state index contributed by atoms with van der Waals surface area (Å²) in [5.74, 6) is 2.15. The van der Waals surface area contributed by atoms with Crippen molar-refractivity contribution in [1.82, 2.24) is 15.0 Å². The van der Waals surface area contributed by atoms with Gasteiger partial charge in [0.15, 0.2) is 5.82 Å². The van der Waals surface area contributed by atoms with Crippen molar-refractivity contribution in [2.75, 3.05) is 36.9 Å². The van der Waals surface area contributed by atoms with E-state index in [0.29, 0.717) is 31.6 Å². The Bertz CT molecular complexity index is 881. The van der Waals surface area contributed by atoms with E-state index in [2.05, 4.69) is 19.9 Å². The zero-order valence-electron chi connectivity index (χ0n) is 14.9. The van der Waals surface area contributed by atoms with Crippen LogP contribution in [0.25, 0.3) is 11.4 Å². The Morgan fingerprint density at radius 3 is 2.41 bits per heavy atom. The fraction of sp³-hybridized carbons (Fsp3) is 0.250. The van der Waals surface area contributed by atoms with Crippen LogP contribution in [0, 0.1) is 0 Å². The van der Waals surface area contributed by atoms with E-state index < -0.39 is 0 Å². The molecule has 27 heavy (non-hydrogen) atoms. The smallest absolute Gasteiger partial charge is 0.230 e. The molecule has 1 aliphatic rings. The van der Waals surface area contributed by atoms with Crippen LogP contribution in [0.5, 0.6) is 5.75 Å². The van der Waals surface area contributed by atoms with Crippen molar-refractivity contribution in [3.05, 3.63) is 60.2 Å². The van der Waals surface area contributed by atoms with Crippen LogP contribution in [0.2, 0.25) is 0 Å². The minimum Gasteiger partial charge on any atom is -0.489 e. The van der Waals surface area contributed by atoms with E-state index in [1.54, 1.807) is 0 Å². The first-order chi connectivity index (χ1) is 13.3. The molecule has 0 unspecified atom stereocenters.